The normalized spacial score (nSPS) is 14.9. The lowest BCUT2D eigenvalue weighted by Crippen LogP contribution is -1.99. The standard InChI is InChI=1S/C8H11NO8P2/c10-9-8-4-2-1-3-7(8)5-6-16-19(14,15)17-18(11,12)13/h1-4H,5-6H2,(H,14,15)(H2,11,12,13). The van der Waals surface area contributed by atoms with E-state index in [4.69, 9.17) is 14.7 Å². The van der Waals surface area contributed by atoms with E-state index >= 15 is 0 Å². The predicted octanol–water partition coefficient (Wildman–Crippen LogP) is 1.85. The summed E-state index contributed by atoms with van der Waals surface area (Å²) >= 11 is 0. The number of rotatable bonds is 7. The van der Waals surface area contributed by atoms with Gasteiger partial charge in [-0.15, -0.1) is 4.91 Å². The maximum atomic E-state index is 11.1. The maximum Gasteiger partial charge on any atom is 0.481 e. The van der Waals surface area contributed by atoms with Gasteiger partial charge in [-0.25, -0.2) is 9.13 Å². The summed E-state index contributed by atoms with van der Waals surface area (Å²) in [6, 6.07) is 6.24. The largest absolute Gasteiger partial charge is 0.481 e. The minimum Gasteiger partial charge on any atom is -0.302 e. The van der Waals surface area contributed by atoms with Gasteiger partial charge in [0.1, 0.15) is 5.69 Å². The molecule has 0 saturated heterocycles. The molecule has 9 nitrogen and oxygen atoms in total. The number of phosphoric ester groups is 1. The highest BCUT2D eigenvalue weighted by Crippen LogP contribution is 2.57. The molecule has 0 fully saturated rings. The highest BCUT2D eigenvalue weighted by atomic mass is 31.3. The second-order valence-corrected chi connectivity index (χ2v) is 6.17. The number of hydrogen-bond acceptors (Lipinski definition) is 6. The van der Waals surface area contributed by atoms with E-state index in [1.54, 1.807) is 18.2 Å². The Hall–Kier alpha value is -0.920. The molecule has 1 aromatic carbocycles. The number of benzene rings is 1. The van der Waals surface area contributed by atoms with Gasteiger partial charge in [-0.3, -0.25) is 4.52 Å². The van der Waals surface area contributed by atoms with Crippen molar-refractivity contribution in [3.8, 4) is 0 Å². The molecule has 0 aliphatic carbocycles. The average Bonchev–Trinajstić information content (AvgIpc) is 2.26. The molecular weight excluding hydrogens is 300 g/mol. The van der Waals surface area contributed by atoms with Gasteiger partial charge >= 0.3 is 15.6 Å². The molecular formula is C8H11NO8P2. The third-order valence-electron chi connectivity index (χ3n) is 1.93. The SMILES string of the molecule is O=Nc1ccccc1CCOP(=O)(O)OP(=O)(O)O. The average molecular weight is 311 g/mol. The van der Waals surface area contributed by atoms with Crippen LogP contribution in [0, 0.1) is 4.91 Å². The maximum absolute atomic E-state index is 11.1. The van der Waals surface area contributed by atoms with E-state index < -0.39 is 15.6 Å². The van der Waals surface area contributed by atoms with Crippen molar-refractivity contribution in [3.63, 3.8) is 0 Å². The van der Waals surface area contributed by atoms with Gasteiger partial charge in [0.25, 0.3) is 0 Å². The van der Waals surface area contributed by atoms with Gasteiger partial charge in [-0.05, 0) is 23.2 Å². The van der Waals surface area contributed by atoms with Crippen LogP contribution in [0.2, 0.25) is 0 Å². The molecule has 106 valence electrons. The van der Waals surface area contributed by atoms with Crippen LogP contribution in [-0.4, -0.2) is 21.3 Å². The van der Waals surface area contributed by atoms with Crippen LogP contribution in [0.15, 0.2) is 29.4 Å². The fourth-order valence-corrected chi connectivity index (χ4v) is 2.83. The van der Waals surface area contributed by atoms with Crippen LogP contribution in [0.4, 0.5) is 5.69 Å². The highest BCUT2D eigenvalue weighted by Gasteiger charge is 2.32. The highest BCUT2D eigenvalue weighted by molar-refractivity contribution is 7.60. The van der Waals surface area contributed by atoms with Gasteiger partial charge in [-0.2, -0.15) is 4.31 Å². The molecule has 0 aromatic heterocycles. The van der Waals surface area contributed by atoms with Crippen LogP contribution in [-0.2, 0) is 24.4 Å². The summed E-state index contributed by atoms with van der Waals surface area (Å²) in [5, 5.41) is 2.75. The Labute approximate surface area is 108 Å². The van der Waals surface area contributed by atoms with Crippen molar-refractivity contribution in [2.45, 2.75) is 6.42 Å². The van der Waals surface area contributed by atoms with Gasteiger partial charge in [0.2, 0.25) is 0 Å². The summed E-state index contributed by atoms with van der Waals surface area (Å²) in [6.07, 6.45) is 0.0526. The lowest BCUT2D eigenvalue weighted by molar-refractivity contribution is 0.180. The second-order valence-electron chi connectivity index (χ2n) is 3.34. The number of phosphoric acid groups is 2. The van der Waals surface area contributed by atoms with Crippen LogP contribution in [0.25, 0.3) is 0 Å². The zero-order valence-corrected chi connectivity index (χ0v) is 11.2. The molecule has 0 saturated carbocycles. The smallest absolute Gasteiger partial charge is 0.302 e. The summed E-state index contributed by atoms with van der Waals surface area (Å²) in [4.78, 5) is 36.2. The third-order valence-corrected chi connectivity index (χ3v) is 4.11. The van der Waals surface area contributed by atoms with Crippen molar-refractivity contribution >= 4 is 21.3 Å². The number of nitrogens with zero attached hydrogens (tertiary/aromatic N) is 1. The molecule has 11 heteroatoms. The first-order valence-electron chi connectivity index (χ1n) is 4.89. The van der Waals surface area contributed by atoms with Crippen molar-refractivity contribution in [1.82, 2.24) is 0 Å². The molecule has 0 bridgehead atoms. The Kier molecular flexibility index (Phi) is 5.51. The molecule has 1 unspecified atom stereocenters. The van der Waals surface area contributed by atoms with Crippen molar-refractivity contribution in [2.24, 2.45) is 5.18 Å². The summed E-state index contributed by atoms with van der Waals surface area (Å²) in [5.74, 6) is 0. The molecule has 1 aromatic rings. The van der Waals surface area contributed by atoms with Crippen molar-refractivity contribution in [2.75, 3.05) is 6.61 Å². The lowest BCUT2D eigenvalue weighted by Gasteiger charge is -2.12. The van der Waals surface area contributed by atoms with E-state index in [9.17, 15) is 14.0 Å². The van der Waals surface area contributed by atoms with E-state index in [1.165, 1.54) is 6.07 Å². The fourth-order valence-electron chi connectivity index (χ4n) is 1.24. The molecule has 3 N–H and O–H groups in total. The Morgan fingerprint density at radius 2 is 1.79 bits per heavy atom. The van der Waals surface area contributed by atoms with Crippen molar-refractivity contribution in [1.29, 1.82) is 0 Å². The molecule has 0 heterocycles. The van der Waals surface area contributed by atoms with E-state index in [-0.39, 0.29) is 18.7 Å². The van der Waals surface area contributed by atoms with E-state index in [2.05, 4.69) is 14.0 Å². The molecule has 0 aliphatic heterocycles. The topological polar surface area (TPSA) is 143 Å². The molecule has 1 rings (SSSR count). The number of hydrogen-bond donors (Lipinski definition) is 3. The van der Waals surface area contributed by atoms with Crippen LogP contribution in [0.1, 0.15) is 5.56 Å². The predicted molar refractivity (Wildman–Crippen MR) is 64.5 cm³/mol. The summed E-state index contributed by atoms with van der Waals surface area (Å²) in [7, 11) is -9.97. The van der Waals surface area contributed by atoms with E-state index in [1.807, 2.05) is 0 Å². The van der Waals surface area contributed by atoms with Gasteiger partial charge in [0, 0.05) is 0 Å². The van der Waals surface area contributed by atoms with E-state index in [0.717, 1.165) is 0 Å². The monoisotopic (exact) mass is 311 g/mol. The number of nitroso groups, excluding NO2 is 1. The van der Waals surface area contributed by atoms with Gasteiger partial charge in [0.05, 0.1) is 6.61 Å². The van der Waals surface area contributed by atoms with Crippen molar-refractivity contribution < 1.29 is 32.6 Å². The molecule has 19 heavy (non-hydrogen) atoms. The summed E-state index contributed by atoms with van der Waals surface area (Å²) < 4.78 is 29.4. The van der Waals surface area contributed by atoms with Gasteiger partial charge < -0.3 is 14.7 Å². The quantitative estimate of drug-likeness (QED) is 0.511. The molecule has 0 spiro atoms. The minimum absolute atomic E-state index is 0.0526. The molecule has 0 aliphatic rings. The van der Waals surface area contributed by atoms with Gasteiger partial charge in [0.15, 0.2) is 0 Å². The fraction of sp³-hybridized carbons (Fsp3) is 0.250. The molecule has 0 radical (unpaired) electrons. The minimum atomic E-state index is -5.12. The van der Waals surface area contributed by atoms with Crippen LogP contribution >= 0.6 is 15.6 Å². The molecule has 1 atom stereocenters. The first-order valence-corrected chi connectivity index (χ1v) is 7.91. The van der Waals surface area contributed by atoms with Crippen LogP contribution in [0.5, 0.6) is 0 Å². The molecule has 0 amide bonds. The zero-order valence-electron chi connectivity index (χ0n) is 9.45. The second kappa shape index (κ2) is 6.49. The zero-order chi connectivity index (χ0) is 14.5. The third kappa shape index (κ3) is 6.17. The van der Waals surface area contributed by atoms with Crippen LogP contribution in [0.3, 0.4) is 0 Å². The Balaban J connectivity index is 2.57. The Morgan fingerprint density at radius 1 is 1.16 bits per heavy atom. The Morgan fingerprint density at radius 3 is 2.37 bits per heavy atom. The summed E-state index contributed by atoms with van der Waals surface area (Å²) in [6.45, 7) is -0.375. The summed E-state index contributed by atoms with van der Waals surface area (Å²) in [5.41, 5.74) is 0.614. The van der Waals surface area contributed by atoms with E-state index in [0.29, 0.717) is 5.56 Å². The van der Waals surface area contributed by atoms with Gasteiger partial charge in [-0.1, -0.05) is 18.2 Å². The Bertz CT molecular complexity index is 541. The van der Waals surface area contributed by atoms with Crippen molar-refractivity contribution in [3.05, 3.63) is 34.7 Å². The lowest BCUT2D eigenvalue weighted by atomic mass is 10.1. The first-order chi connectivity index (χ1) is 8.73. The first kappa shape index (κ1) is 16.1. The van der Waals surface area contributed by atoms with Crippen LogP contribution < -0.4 is 0 Å².